The molecule has 1 N–H and O–H groups in total. The first-order valence-electron chi connectivity index (χ1n) is 5.44. The summed E-state index contributed by atoms with van der Waals surface area (Å²) in [7, 11) is 0. The van der Waals surface area contributed by atoms with E-state index in [-0.39, 0.29) is 18.4 Å². The largest absolute Gasteiger partial charge is 0.443 e. The number of likely N-dealkylation sites (tertiary alicyclic amines) is 1. The Morgan fingerprint density at radius 3 is 2.50 bits per heavy atom. The molecule has 0 saturated carbocycles. The minimum absolute atomic E-state index is 0.0103. The Morgan fingerprint density at radius 1 is 1.50 bits per heavy atom. The van der Waals surface area contributed by atoms with E-state index >= 15 is 0 Å². The fourth-order valence-corrected chi connectivity index (χ4v) is 1.72. The van der Waals surface area contributed by atoms with Crippen LogP contribution < -0.4 is 0 Å². The quantitative estimate of drug-likeness (QED) is 0.679. The van der Waals surface area contributed by atoms with Gasteiger partial charge in [0.1, 0.15) is 5.60 Å². The SMILES string of the molecule is C[C@H]1C[C@H](O)CC(=O)N1C(=O)OC(C)(C)C. The van der Waals surface area contributed by atoms with Crippen LogP contribution in [0.2, 0.25) is 0 Å². The average molecular weight is 229 g/mol. The summed E-state index contributed by atoms with van der Waals surface area (Å²) >= 11 is 0. The van der Waals surface area contributed by atoms with Crippen LogP contribution in [0.5, 0.6) is 0 Å². The highest BCUT2D eigenvalue weighted by Gasteiger charge is 2.36. The Labute approximate surface area is 95.4 Å². The van der Waals surface area contributed by atoms with Gasteiger partial charge in [-0.3, -0.25) is 4.79 Å². The van der Waals surface area contributed by atoms with E-state index in [9.17, 15) is 14.7 Å². The molecular weight excluding hydrogens is 210 g/mol. The van der Waals surface area contributed by atoms with Gasteiger partial charge in [0.05, 0.1) is 12.5 Å². The minimum atomic E-state index is -0.652. The molecule has 0 unspecified atom stereocenters. The lowest BCUT2D eigenvalue weighted by molar-refractivity contribution is -0.138. The lowest BCUT2D eigenvalue weighted by Gasteiger charge is -2.35. The van der Waals surface area contributed by atoms with Crippen LogP contribution in [-0.4, -0.2) is 39.8 Å². The molecule has 16 heavy (non-hydrogen) atoms. The second-order valence-corrected chi connectivity index (χ2v) is 5.19. The summed E-state index contributed by atoms with van der Waals surface area (Å²) in [6, 6.07) is -0.314. The van der Waals surface area contributed by atoms with Gasteiger partial charge in [0.2, 0.25) is 5.91 Å². The molecule has 0 aromatic rings. The summed E-state index contributed by atoms with van der Waals surface area (Å²) in [5.74, 6) is -0.375. The molecule has 1 fully saturated rings. The first-order chi connectivity index (χ1) is 7.20. The number of hydrogen-bond acceptors (Lipinski definition) is 4. The highest BCUT2D eigenvalue weighted by atomic mass is 16.6. The summed E-state index contributed by atoms with van der Waals surface area (Å²) in [5.41, 5.74) is -0.618. The van der Waals surface area contributed by atoms with E-state index in [1.54, 1.807) is 27.7 Å². The Kier molecular flexibility index (Phi) is 3.57. The molecule has 0 aliphatic carbocycles. The molecule has 5 nitrogen and oxygen atoms in total. The van der Waals surface area contributed by atoms with Gasteiger partial charge in [-0.1, -0.05) is 0 Å². The van der Waals surface area contributed by atoms with Crippen LogP contribution in [0.25, 0.3) is 0 Å². The number of piperidine rings is 1. The van der Waals surface area contributed by atoms with Gasteiger partial charge in [-0.2, -0.15) is 0 Å². The molecule has 0 spiro atoms. The zero-order valence-electron chi connectivity index (χ0n) is 10.2. The van der Waals surface area contributed by atoms with Gasteiger partial charge in [0.15, 0.2) is 0 Å². The van der Waals surface area contributed by atoms with Crippen LogP contribution in [0.15, 0.2) is 0 Å². The van der Waals surface area contributed by atoms with Crippen molar-refractivity contribution in [3.63, 3.8) is 0 Å². The first kappa shape index (κ1) is 13.0. The van der Waals surface area contributed by atoms with Gasteiger partial charge < -0.3 is 9.84 Å². The maximum Gasteiger partial charge on any atom is 0.417 e. The fraction of sp³-hybridized carbons (Fsp3) is 0.818. The molecule has 0 bridgehead atoms. The summed E-state index contributed by atoms with van der Waals surface area (Å²) in [6.45, 7) is 6.97. The molecule has 0 aromatic heterocycles. The average Bonchev–Trinajstić information content (AvgIpc) is 1.96. The Hall–Kier alpha value is -1.10. The topological polar surface area (TPSA) is 66.8 Å². The monoisotopic (exact) mass is 229 g/mol. The second kappa shape index (κ2) is 4.41. The Bertz CT molecular complexity index is 295. The molecule has 1 heterocycles. The maximum atomic E-state index is 11.7. The predicted octanol–water partition coefficient (Wildman–Crippen LogP) is 1.29. The van der Waals surface area contributed by atoms with Crippen molar-refractivity contribution in [1.29, 1.82) is 0 Å². The maximum absolute atomic E-state index is 11.7. The van der Waals surface area contributed by atoms with Crippen molar-refractivity contribution in [1.82, 2.24) is 4.90 Å². The van der Waals surface area contributed by atoms with Gasteiger partial charge >= 0.3 is 6.09 Å². The van der Waals surface area contributed by atoms with Crippen LogP contribution in [0, 0.1) is 0 Å². The Balaban J connectivity index is 2.71. The van der Waals surface area contributed by atoms with Crippen LogP contribution >= 0.6 is 0 Å². The van der Waals surface area contributed by atoms with E-state index in [2.05, 4.69) is 0 Å². The molecule has 2 amide bonds. The molecule has 5 heteroatoms. The lowest BCUT2D eigenvalue weighted by atomic mass is 10.0. The molecule has 2 atom stereocenters. The number of aliphatic hydroxyl groups excluding tert-OH is 1. The number of rotatable bonds is 0. The van der Waals surface area contributed by atoms with Gasteiger partial charge in [0.25, 0.3) is 0 Å². The first-order valence-corrected chi connectivity index (χ1v) is 5.44. The summed E-state index contributed by atoms with van der Waals surface area (Å²) < 4.78 is 5.14. The van der Waals surface area contributed by atoms with Crippen molar-refractivity contribution in [2.24, 2.45) is 0 Å². The fourth-order valence-electron chi connectivity index (χ4n) is 1.72. The van der Waals surface area contributed by atoms with Crippen LogP contribution in [0.4, 0.5) is 4.79 Å². The lowest BCUT2D eigenvalue weighted by Crippen LogP contribution is -2.51. The van der Waals surface area contributed by atoms with E-state index in [0.29, 0.717) is 6.42 Å². The van der Waals surface area contributed by atoms with Crippen LogP contribution in [0.3, 0.4) is 0 Å². The molecule has 1 rings (SSSR count). The molecule has 1 aliphatic heterocycles. The smallest absolute Gasteiger partial charge is 0.417 e. The number of ether oxygens (including phenoxy) is 1. The third-order valence-corrected chi connectivity index (χ3v) is 2.32. The van der Waals surface area contributed by atoms with Crippen molar-refractivity contribution in [2.45, 2.75) is 58.3 Å². The summed E-state index contributed by atoms with van der Waals surface area (Å²) in [5, 5.41) is 9.38. The van der Waals surface area contributed by atoms with Gasteiger partial charge in [0, 0.05) is 6.04 Å². The van der Waals surface area contributed by atoms with Gasteiger partial charge in [-0.15, -0.1) is 0 Å². The second-order valence-electron chi connectivity index (χ2n) is 5.19. The zero-order chi connectivity index (χ0) is 12.5. The highest BCUT2D eigenvalue weighted by Crippen LogP contribution is 2.21. The van der Waals surface area contributed by atoms with Crippen molar-refractivity contribution in [3.05, 3.63) is 0 Å². The molecular formula is C11H19NO4. The number of aliphatic hydroxyl groups is 1. The minimum Gasteiger partial charge on any atom is -0.443 e. The molecule has 0 radical (unpaired) electrons. The van der Waals surface area contributed by atoms with Crippen molar-refractivity contribution >= 4 is 12.0 Å². The van der Waals surface area contributed by atoms with Gasteiger partial charge in [-0.05, 0) is 34.1 Å². The number of carbonyl (C=O) groups excluding carboxylic acids is 2. The van der Waals surface area contributed by atoms with Crippen LogP contribution in [-0.2, 0) is 9.53 Å². The molecule has 0 aromatic carbocycles. The number of amides is 2. The van der Waals surface area contributed by atoms with Crippen LogP contribution in [0.1, 0.15) is 40.5 Å². The van der Waals surface area contributed by atoms with E-state index < -0.39 is 17.8 Å². The normalized spacial score (nSPS) is 26.8. The summed E-state index contributed by atoms with van der Waals surface area (Å²) in [6.07, 6.45) is -0.882. The standard InChI is InChI=1S/C11H19NO4/c1-7-5-8(13)6-9(14)12(7)10(15)16-11(2,3)4/h7-8,13H,5-6H2,1-4H3/t7-,8-/m0/s1. The van der Waals surface area contributed by atoms with Crippen molar-refractivity contribution in [2.75, 3.05) is 0 Å². The predicted molar refractivity (Wildman–Crippen MR) is 57.8 cm³/mol. The van der Waals surface area contributed by atoms with E-state index in [0.717, 1.165) is 4.90 Å². The number of nitrogens with zero attached hydrogens (tertiary/aromatic N) is 1. The van der Waals surface area contributed by atoms with E-state index in [4.69, 9.17) is 4.74 Å². The molecule has 92 valence electrons. The van der Waals surface area contributed by atoms with E-state index in [1.807, 2.05) is 0 Å². The third kappa shape index (κ3) is 3.20. The Morgan fingerprint density at radius 2 is 2.06 bits per heavy atom. The van der Waals surface area contributed by atoms with Gasteiger partial charge in [-0.25, -0.2) is 9.69 Å². The highest BCUT2D eigenvalue weighted by molar-refractivity contribution is 5.93. The molecule has 1 aliphatic rings. The third-order valence-electron chi connectivity index (χ3n) is 2.32. The van der Waals surface area contributed by atoms with Crippen molar-refractivity contribution < 1.29 is 19.4 Å². The summed E-state index contributed by atoms with van der Waals surface area (Å²) in [4.78, 5) is 24.4. The number of hydrogen-bond donors (Lipinski definition) is 1. The zero-order valence-corrected chi connectivity index (χ0v) is 10.2. The van der Waals surface area contributed by atoms with Crippen molar-refractivity contribution in [3.8, 4) is 0 Å². The van der Waals surface area contributed by atoms with E-state index in [1.165, 1.54) is 0 Å². The number of imide groups is 1. The molecule has 1 saturated heterocycles. The number of carbonyl (C=O) groups is 2.